The smallest absolute Gasteiger partial charge is 0.320 e. The van der Waals surface area contributed by atoms with Crippen molar-refractivity contribution in [3.05, 3.63) is 52.1 Å². The van der Waals surface area contributed by atoms with Crippen molar-refractivity contribution in [1.82, 2.24) is 15.6 Å². The molecule has 7 nitrogen and oxygen atoms in total. The van der Waals surface area contributed by atoms with Gasteiger partial charge in [0.15, 0.2) is 0 Å². The molecule has 0 aliphatic heterocycles. The zero-order valence-corrected chi connectivity index (χ0v) is 15.6. The van der Waals surface area contributed by atoms with Crippen molar-refractivity contribution in [2.75, 3.05) is 17.6 Å². The lowest BCUT2D eigenvalue weighted by molar-refractivity contribution is 0.249. The van der Waals surface area contributed by atoms with Crippen LogP contribution in [0.15, 0.2) is 41.0 Å². The molecular weight excluding hydrogens is 384 g/mol. The Hall–Kier alpha value is -2.61. The lowest BCUT2D eigenvalue weighted by Gasteiger charge is -2.16. The van der Waals surface area contributed by atoms with Crippen LogP contribution < -0.4 is 21.7 Å². The second-order valence-corrected chi connectivity index (χ2v) is 6.18. The molecule has 0 fully saturated rings. The maximum atomic E-state index is 12.2. The molecule has 25 heavy (non-hydrogen) atoms. The van der Waals surface area contributed by atoms with E-state index in [1.165, 1.54) is 6.20 Å². The Bertz CT molecular complexity index is 765. The topological polar surface area (TPSA) is 116 Å². The predicted octanol–water partition coefficient (Wildman–Crippen LogP) is 3.24. The van der Waals surface area contributed by atoms with Crippen LogP contribution in [-0.4, -0.2) is 23.4 Å². The number of anilines is 2. The van der Waals surface area contributed by atoms with Crippen molar-refractivity contribution in [2.24, 2.45) is 0 Å². The Morgan fingerprint density at radius 3 is 2.68 bits per heavy atom. The molecule has 1 atom stereocenters. The summed E-state index contributed by atoms with van der Waals surface area (Å²) in [5.41, 5.74) is 7.85. The van der Waals surface area contributed by atoms with Crippen molar-refractivity contribution in [3.63, 3.8) is 0 Å². The van der Waals surface area contributed by atoms with Gasteiger partial charge in [0.05, 0.1) is 21.8 Å². The molecule has 2 rings (SSSR count). The maximum Gasteiger partial charge on any atom is 0.320 e. The number of nitrogen functional groups attached to an aromatic ring is 1. The van der Waals surface area contributed by atoms with Crippen molar-refractivity contribution >= 4 is 39.3 Å². The summed E-state index contributed by atoms with van der Waals surface area (Å²) in [6.07, 6.45) is 1.46. The molecule has 0 saturated carbocycles. The highest BCUT2D eigenvalue weighted by Crippen LogP contribution is 2.29. The summed E-state index contributed by atoms with van der Waals surface area (Å²) in [7, 11) is 0. The summed E-state index contributed by atoms with van der Waals surface area (Å²) in [4.78, 5) is 16.4. The number of carbonyl (C=O) groups is 1. The SMILES string of the molecule is CCNC(=N)c1cnc(NC(=O)NC(C)c2ccccc2)c(Br)c1N. The molecule has 1 aromatic heterocycles. The fourth-order valence-corrected chi connectivity index (χ4v) is 2.64. The van der Waals surface area contributed by atoms with Gasteiger partial charge in [-0.25, -0.2) is 9.78 Å². The second kappa shape index (κ2) is 8.48. The number of nitrogens with one attached hydrogen (secondary N) is 4. The molecule has 1 unspecified atom stereocenters. The van der Waals surface area contributed by atoms with Crippen LogP contribution in [0.25, 0.3) is 0 Å². The number of aromatic nitrogens is 1. The predicted molar refractivity (Wildman–Crippen MR) is 104 cm³/mol. The first-order chi connectivity index (χ1) is 11.9. The molecule has 2 amide bonds. The van der Waals surface area contributed by atoms with Crippen LogP contribution in [0.4, 0.5) is 16.3 Å². The minimum atomic E-state index is -0.390. The number of nitrogens with zero attached hydrogens (tertiary/aromatic N) is 1. The third-order valence-corrected chi connectivity index (χ3v) is 4.36. The highest BCUT2D eigenvalue weighted by Gasteiger charge is 2.16. The molecular formula is C17H21BrN6O. The van der Waals surface area contributed by atoms with Gasteiger partial charge in [0.2, 0.25) is 0 Å². The number of benzene rings is 1. The van der Waals surface area contributed by atoms with E-state index in [0.29, 0.717) is 28.1 Å². The Labute approximate surface area is 155 Å². The monoisotopic (exact) mass is 404 g/mol. The van der Waals surface area contributed by atoms with Gasteiger partial charge in [-0.05, 0) is 35.3 Å². The molecule has 6 N–H and O–H groups in total. The Morgan fingerprint density at radius 1 is 1.36 bits per heavy atom. The molecule has 0 saturated heterocycles. The fourth-order valence-electron chi connectivity index (χ4n) is 2.22. The Morgan fingerprint density at radius 2 is 2.04 bits per heavy atom. The van der Waals surface area contributed by atoms with Crippen molar-refractivity contribution in [2.45, 2.75) is 19.9 Å². The normalized spacial score (nSPS) is 11.5. The molecule has 0 bridgehead atoms. The van der Waals surface area contributed by atoms with E-state index in [4.69, 9.17) is 11.1 Å². The van der Waals surface area contributed by atoms with Crippen molar-refractivity contribution in [1.29, 1.82) is 5.41 Å². The number of hydrogen-bond donors (Lipinski definition) is 5. The first-order valence-corrected chi connectivity index (χ1v) is 8.62. The number of amidine groups is 1. The third kappa shape index (κ3) is 4.69. The van der Waals surface area contributed by atoms with Gasteiger partial charge in [-0.15, -0.1) is 0 Å². The lowest BCUT2D eigenvalue weighted by atomic mass is 10.1. The molecule has 132 valence electrons. The highest BCUT2D eigenvalue weighted by molar-refractivity contribution is 9.10. The minimum absolute atomic E-state index is 0.154. The first-order valence-electron chi connectivity index (χ1n) is 7.83. The van der Waals surface area contributed by atoms with Crippen LogP contribution in [0.1, 0.15) is 31.0 Å². The molecule has 1 heterocycles. The van der Waals surface area contributed by atoms with E-state index in [2.05, 4.69) is 36.9 Å². The molecule has 2 aromatic rings. The number of carbonyl (C=O) groups excluding carboxylic acids is 1. The summed E-state index contributed by atoms with van der Waals surface area (Å²) < 4.78 is 0.440. The summed E-state index contributed by atoms with van der Waals surface area (Å²) in [6, 6.07) is 9.10. The molecule has 0 aliphatic carbocycles. The van der Waals surface area contributed by atoms with E-state index in [1.54, 1.807) is 0 Å². The molecule has 8 heteroatoms. The van der Waals surface area contributed by atoms with Gasteiger partial charge in [0.25, 0.3) is 0 Å². The van der Waals surface area contributed by atoms with Crippen LogP contribution in [0.3, 0.4) is 0 Å². The first kappa shape index (κ1) is 18.7. The largest absolute Gasteiger partial charge is 0.397 e. The summed E-state index contributed by atoms with van der Waals surface area (Å²) >= 11 is 3.34. The summed E-state index contributed by atoms with van der Waals surface area (Å²) in [5.74, 6) is 0.477. The number of pyridine rings is 1. The molecule has 0 radical (unpaired) electrons. The zero-order valence-electron chi connectivity index (χ0n) is 14.1. The number of halogens is 1. The summed E-state index contributed by atoms with van der Waals surface area (Å²) in [6.45, 7) is 4.39. The standard InChI is InChI=1S/C17H21BrN6O/c1-3-21-15(20)12-9-22-16(13(18)14(12)19)24-17(25)23-10(2)11-7-5-4-6-8-11/h4-10H,3H2,1-2H3,(H2,20,21)(H4,19,22,23,24,25). The van der Waals surface area contributed by atoms with Gasteiger partial charge in [0.1, 0.15) is 11.7 Å². The van der Waals surface area contributed by atoms with Crippen LogP contribution in [0.5, 0.6) is 0 Å². The van der Waals surface area contributed by atoms with Gasteiger partial charge < -0.3 is 16.4 Å². The van der Waals surface area contributed by atoms with E-state index in [0.717, 1.165) is 5.56 Å². The van der Waals surface area contributed by atoms with Gasteiger partial charge >= 0.3 is 6.03 Å². The minimum Gasteiger partial charge on any atom is -0.397 e. The van der Waals surface area contributed by atoms with Gasteiger partial charge in [0, 0.05) is 12.7 Å². The molecule has 0 spiro atoms. The van der Waals surface area contributed by atoms with Crippen LogP contribution in [-0.2, 0) is 0 Å². The summed E-state index contributed by atoms with van der Waals surface area (Å²) in [5, 5.41) is 16.3. The number of rotatable bonds is 5. The average Bonchev–Trinajstić information content (AvgIpc) is 2.60. The maximum absolute atomic E-state index is 12.2. The van der Waals surface area contributed by atoms with E-state index >= 15 is 0 Å². The average molecular weight is 405 g/mol. The van der Waals surface area contributed by atoms with Gasteiger partial charge in [-0.2, -0.15) is 0 Å². The van der Waals surface area contributed by atoms with Crippen molar-refractivity contribution in [3.8, 4) is 0 Å². The fraction of sp³-hybridized carbons (Fsp3) is 0.235. The van der Waals surface area contributed by atoms with E-state index in [9.17, 15) is 4.79 Å². The van der Waals surface area contributed by atoms with Gasteiger partial charge in [-0.3, -0.25) is 10.7 Å². The second-order valence-electron chi connectivity index (χ2n) is 5.38. The van der Waals surface area contributed by atoms with Crippen LogP contribution in [0, 0.1) is 5.41 Å². The van der Waals surface area contributed by atoms with Gasteiger partial charge in [-0.1, -0.05) is 30.3 Å². The number of hydrogen-bond acceptors (Lipinski definition) is 4. The molecule has 1 aromatic carbocycles. The van der Waals surface area contributed by atoms with Crippen molar-refractivity contribution < 1.29 is 4.79 Å². The zero-order chi connectivity index (χ0) is 18.4. The molecule has 0 aliphatic rings. The van der Waals surface area contributed by atoms with E-state index < -0.39 is 6.03 Å². The lowest BCUT2D eigenvalue weighted by Crippen LogP contribution is -2.32. The number of nitrogens with two attached hydrogens (primary N) is 1. The Kier molecular flexibility index (Phi) is 6.35. The Balaban J connectivity index is 2.08. The van der Waals surface area contributed by atoms with E-state index in [-0.39, 0.29) is 11.9 Å². The van der Waals surface area contributed by atoms with Crippen LogP contribution in [0.2, 0.25) is 0 Å². The quantitative estimate of drug-likeness (QED) is 0.388. The number of amides is 2. The van der Waals surface area contributed by atoms with E-state index in [1.807, 2.05) is 44.2 Å². The third-order valence-electron chi connectivity index (χ3n) is 3.56. The van der Waals surface area contributed by atoms with Crippen LogP contribution >= 0.6 is 15.9 Å². The highest BCUT2D eigenvalue weighted by atomic mass is 79.9. The number of urea groups is 1.